The Labute approximate surface area is 125 Å². The minimum absolute atomic E-state index is 0.236. The van der Waals surface area contributed by atoms with Crippen molar-refractivity contribution in [3.63, 3.8) is 0 Å². The molecule has 1 spiro atoms. The van der Waals surface area contributed by atoms with E-state index in [2.05, 4.69) is 36.6 Å². The van der Waals surface area contributed by atoms with E-state index in [4.69, 9.17) is 0 Å². The van der Waals surface area contributed by atoms with E-state index in [1.165, 1.54) is 22.6 Å². The van der Waals surface area contributed by atoms with Crippen LogP contribution in [0.4, 0.5) is 0 Å². The second-order valence-electron chi connectivity index (χ2n) is 6.50. The maximum Gasteiger partial charge on any atom is 0.223 e. The second-order valence-corrected chi connectivity index (χ2v) is 7.87. The van der Waals surface area contributed by atoms with Gasteiger partial charge in [0.05, 0.1) is 0 Å². The monoisotopic (exact) mass is 292 g/mol. The van der Waals surface area contributed by atoms with E-state index in [-0.39, 0.29) is 17.9 Å². The maximum atomic E-state index is 12.4. The van der Waals surface area contributed by atoms with Crippen molar-refractivity contribution in [3.05, 3.63) is 21.9 Å². The van der Waals surface area contributed by atoms with E-state index >= 15 is 0 Å². The molecule has 2 unspecified atom stereocenters. The average molecular weight is 292 g/mol. The van der Waals surface area contributed by atoms with Crippen LogP contribution in [0.3, 0.4) is 0 Å². The molecule has 1 saturated carbocycles. The number of piperidine rings is 1. The van der Waals surface area contributed by atoms with E-state index in [1.54, 1.807) is 0 Å². The number of aryl methyl sites for hydroxylation is 1. The highest BCUT2D eigenvalue weighted by atomic mass is 32.1. The minimum atomic E-state index is 0.236. The maximum absolute atomic E-state index is 12.4. The molecule has 20 heavy (non-hydrogen) atoms. The molecule has 2 atom stereocenters. The SMILES string of the molecule is Cc1ccc(CC(C)NC(=O)C2CC23CCNCC3)s1. The molecule has 0 bridgehead atoms. The first-order valence-electron chi connectivity index (χ1n) is 7.65. The van der Waals surface area contributed by atoms with Gasteiger partial charge in [-0.25, -0.2) is 0 Å². The summed E-state index contributed by atoms with van der Waals surface area (Å²) in [6.45, 7) is 6.40. The van der Waals surface area contributed by atoms with Crippen LogP contribution < -0.4 is 10.6 Å². The predicted molar refractivity (Wildman–Crippen MR) is 83.0 cm³/mol. The molecule has 1 saturated heterocycles. The van der Waals surface area contributed by atoms with E-state index in [9.17, 15) is 4.79 Å². The van der Waals surface area contributed by atoms with Crippen molar-refractivity contribution in [2.75, 3.05) is 13.1 Å². The summed E-state index contributed by atoms with van der Waals surface area (Å²) >= 11 is 1.83. The highest BCUT2D eigenvalue weighted by Gasteiger charge is 2.57. The molecule has 2 fully saturated rings. The first-order chi connectivity index (χ1) is 9.59. The van der Waals surface area contributed by atoms with Gasteiger partial charge in [-0.05, 0) is 63.7 Å². The number of hydrogen-bond acceptors (Lipinski definition) is 3. The van der Waals surface area contributed by atoms with Crippen LogP contribution in [0.1, 0.15) is 35.9 Å². The quantitative estimate of drug-likeness (QED) is 0.895. The number of carbonyl (C=O) groups excluding carboxylic acids is 1. The average Bonchev–Trinajstić information content (AvgIpc) is 2.94. The molecule has 4 heteroatoms. The van der Waals surface area contributed by atoms with Crippen LogP contribution >= 0.6 is 11.3 Å². The van der Waals surface area contributed by atoms with Gasteiger partial charge in [-0.2, -0.15) is 0 Å². The van der Waals surface area contributed by atoms with Crippen LogP contribution in [-0.4, -0.2) is 25.0 Å². The normalized spacial score (nSPS) is 25.4. The van der Waals surface area contributed by atoms with Gasteiger partial charge in [-0.1, -0.05) is 0 Å². The van der Waals surface area contributed by atoms with Crippen LogP contribution in [0.2, 0.25) is 0 Å². The summed E-state index contributed by atoms with van der Waals surface area (Å²) in [6.07, 6.45) is 4.39. The standard InChI is InChI=1S/C16H24N2OS/c1-11(9-13-4-3-12(2)20-13)18-15(19)14-10-16(14)5-7-17-8-6-16/h3-4,11,14,17H,5-10H2,1-2H3,(H,18,19). The van der Waals surface area contributed by atoms with Gasteiger partial charge < -0.3 is 10.6 Å². The first kappa shape index (κ1) is 14.1. The number of carbonyl (C=O) groups is 1. The highest BCUT2D eigenvalue weighted by Crippen LogP contribution is 2.58. The molecule has 0 aromatic carbocycles. The van der Waals surface area contributed by atoms with E-state index in [1.807, 2.05) is 11.3 Å². The van der Waals surface area contributed by atoms with Gasteiger partial charge in [0.2, 0.25) is 5.91 Å². The topological polar surface area (TPSA) is 41.1 Å². The van der Waals surface area contributed by atoms with Gasteiger partial charge in [-0.3, -0.25) is 4.79 Å². The lowest BCUT2D eigenvalue weighted by Crippen LogP contribution is -2.38. The number of thiophene rings is 1. The number of hydrogen-bond donors (Lipinski definition) is 2. The molecule has 3 rings (SSSR count). The molecule has 1 aromatic rings. The smallest absolute Gasteiger partial charge is 0.223 e. The van der Waals surface area contributed by atoms with Gasteiger partial charge in [0.15, 0.2) is 0 Å². The summed E-state index contributed by atoms with van der Waals surface area (Å²) in [6, 6.07) is 4.56. The highest BCUT2D eigenvalue weighted by molar-refractivity contribution is 7.11. The Balaban J connectivity index is 1.49. The Kier molecular flexibility index (Phi) is 3.87. The lowest BCUT2D eigenvalue weighted by Gasteiger charge is -2.23. The number of rotatable bonds is 4. The van der Waals surface area contributed by atoms with Gasteiger partial charge in [0, 0.05) is 28.1 Å². The Hall–Kier alpha value is -0.870. The molecule has 1 amide bonds. The van der Waals surface area contributed by atoms with Crippen LogP contribution in [0.15, 0.2) is 12.1 Å². The van der Waals surface area contributed by atoms with Crippen LogP contribution in [0.25, 0.3) is 0 Å². The zero-order chi connectivity index (χ0) is 14.2. The molecule has 1 aliphatic heterocycles. The van der Waals surface area contributed by atoms with E-state index < -0.39 is 0 Å². The van der Waals surface area contributed by atoms with E-state index in [0.717, 1.165) is 25.9 Å². The molecule has 110 valence electrons. The Morgan fingerprint density at radius 2 is 2.25 bits per heavy atom. The third-order valence-corrected chi connectivity index (χ3v) is 5.82. The van der Waals surface area contributed by atoms with Crippen molar-refractivity contribution in [1.82, 2.24) is 10.6 Å². The summed E-state index contributed by atoms with van der Waals surface area (Å²) in [7, 11) is 0. The third kappa shape index (κ3) is 2.91. The molecular weight excluding hydrogens is 268 g/mol. The van der Waals surface area contributed by atoms with Gasteiger partial charge in [-0.15, -0.1) is 11.3 Å². The lowest BCUT2D eigenvalue weighted by atomic mass is 9.91. The number of amides is 1. The fourth-order valence-corrected chi connectivity index (χ4v) is 4.51. The Morgan fingerprint density at radius 3 is 2.90 bits per heavy atom. The lowest BCUT2D eigenvalue weighted by molar-refractivity contribution is -0.123. The van der Waals surface area contributed by atoms with Crippen molar-refractivity contribution in [3.8, 4) is 0 Å². The summed E-state index contributed by atoms with van der Waals surface area (Å²) in [4.78, 5) is 15.1. The third-order valence-electron chi connectivity index (χ3n) is 4.80. The largest absolute Gasteiger partial charge is 0.353 e. The molecule has 2 heterocycles. The second kappa shape index (κ2) is 5.49. The zero-order valence-electron chi connectivity index (χ0n) is 12.4. The summed E-state index contributed by atoms with van der Waals surface area (Å²) in [5.41, 5.74) is 0.342. The van der Waals surface area contributed by atoms with Gasteiger partial charge in [0.25, 0.3) is 0 Å². The van der Waals surface area contributed by atoms with Crippen molar-refractivity contribution in [1.29, 1.82) is 0 Å². The predicted octanol–water partition coefficient (Wildman–Crippen LogP) is 2.49. The molecular formula is C16H24N2OS. The summed E-state index contributed by atoms with van der Waals surface area (Å²) in [5.74, 6) is 0.560. The van der Waals surface area contributed by atoms with Gasteiger partial charge in [0.1, 0.15) is 0 Å². The van der Waals surface area contributed by atoms with E-state index in [0.29, 0.717) is 5.41 Å². The molecule has 2 N–H and O–H groups in total. The molecule has 1 aromatic heterocycles. The Bertz CT molecular complexity index is 490. The fraction of sp³-hybridized carbons (Fsp3) is 0.688. The molecule has 0 radical (unpaired) electrons. The van der Waals surface area contributed by atoms with Crippen molar-refractivity contribution in [2.45, 2.75) is 45.6 Å². The zero-order valence-corrected chi connectivity index (χ0v) is 13.2. The molecule has 3 nitrogen and oxygen atoms in total. The molecule has 1 aliphatic carbocycles. The van der Waals surface area contributed by atoms with Crippen molar-refractivity contribution < 1.29 is 4.79 Å². The van der Waals surface area contributed by atoms with Crippen molar-refractivity contribution in [2.24, 2.45) is 11.3 Å². The summed E-state index contributed by atoms with van der Waals surface area (Å²) < 4.78 is 0. The molecule has 2 aliphatic rings. The van der Waals surface area contributed by atoms with Crippen LogP contribution in [0, 0.1) is 18.3 Å². The van der Waals surface area contributed by atoms with Crippen LogP contribution in [0.5, 0.6) is 0 Å². The van der Waals surface area contributed by atoms with Crippen LogP contribution in [-0.2, 0) is 11.2 Å². The summed E-state index contributed by atoms with van der Waals surface area (Å²) in [5, 5.41) is 6.60. The first-order valence-corrected chi connectivity index (χ1v) is 8.47. The Morgan fingerprint density at radius 1 is 1.50 bits per heavy atom. The van der Waals surface area contributed by atoms with Gasteiger partial charge >= 0.3 is 0 Å². The van der Waals surface area contributed by atoms with Crippen molar-refractivity contribution >= 4 is 17.2 Å². The fourth-order valence-electron chi connectivity index (χ4n) is 3.49. The number of nitrogens with one attached hydrogen (secondary N) is 2. The minimum Gasteiger partial charge on any atom is -0.353 e.